The van der Waals surface area contributed by atoms with E-state index in [4.69, 9.17) is 19.6 Å². The molecule has 0 fully saturated rings. The first-order valence-corrected chi connectivity index (χ1v) is 7.18. The van der Waals surface area contributed by atoms with Gasteiger partial charge in [0.25, 0.3) is 5.56 Å². The second-order valence-corrected chi connectivity index (χ2v) is 5.46. The van der Waals surface area contributed by atoms with E-state index in [1.807, 2.05) is 0 Å². The summed E-state index contributed by atoms with van der Waals surface area (Å²) in [7, 11) is -4.34. The molecule has 0 aliphatic heterocycles. The van der Waals surface area contributed by atoms with Crippen molar-refractivity contribution in [3.05, 3.63) is 44.5 Å². The number of nitrogens with one attached hydrogen (secondary N) is 1. The zero-order valence-electron chi connectivity index (χ0n) is 10.6. The predicted octanol–water partition coefficient (Wildman–Crippen LogP) is -1.13. The Morgan fingerprint density at radius 1 is 1.50 bits per heavy atom. The maximum Gasteiger partial charge on any atom is 0.348 e. The molecule has 0 spiro atoms. The average molecular weight is 306 g/mol. The van der Waals surface area contributed by atoms with Crippen molar-refractivity contribution < 1.29 is 24.2 Å². The van der Waals surface area contributed by atoms with E-state index in [0.29, 0.717) is 11.4 Å². The average Bonchev–Trinajstić information content (AvgIpc) is 2.34. The van der Waals surface area contributed by atoms with Crippen molar-refractivity contribution in [2.45, 2.75) is 19.8 Å². The van der Waals surface area contributed by atoms with Crippen LogP contribution in [-0.4, -0.2) is 37.2 Å². The largest absolute Gasteiger partial charge is 0.393 e. The molecule has 0 aliphatic rings. The molecule has 1 atom stereocenters. The second kappa shape index (κ2) is 6.78. The number of aliphatic hydroxyl groups excluding tert-OH is 1. The molecular formula is C10H15N2O7P. The third-order valence-electron chi connectivity index (χ3n) is 2.29. The standard InChI is InChI=1S/C10H15N2O7P/c1-7-4-12(10(15)11-9(7)14)6-19-8(5-13)2-3-20(16,17)18/h2-4,8,13H,5-6H2,1H3,(H,11,14,15)(H2,16,17,18)/b3-2+/t8-/m1/s1. The van der Waals surface area contributed by atoms with Gasteiger partial charge in [-0.25, -0.2) is 4.79 Å². The van der Waals surface area contributed by atoms with Gasteiger partial charge in [-0.15, -0.1) is 0 Å². The third-order valence-corrected chi connectivity index (χ3v) is 2.85. The Balaban J connectivity index is 2.77. The van der Waals surface area contributed by atoms with Crippen LogP contribution in [0.25, 0.3) is 0 Å². The van der Waals surface area contributed by atoms with E-state index in [2.05, 4.69) is 4.98 Å². The molecule has 4 N–H and O–H groups in total. The molecule has 1 aromatic rings. The quantitative estimate of drug-likeness (QED) is 0.487. The molecule has 0 amide bonds. The highest BCUT2D eigenvalue weighted by Gasteiger charge is 2.10. The molecular weight excluding hydrogens is 291 g/mol. The summed E-state index contributed by atoms with van der Waals surface area (Å²) in [5.74, 6) is 0.606. The molecule has 1 rings (SSSR count). The fourth-order valence-corrected chi connectivity index (χ4v) is 1.68. The fraction of sp³-hybridized carbons (Fsp3) is 0.400. The first-order chi connectivity index (χ1) is 9.23. The van der Waals surface area contributed by atoms with Crippen molar-refractivity contribution in [2.75, 3.05) is 6.61 Å². The van der Waals surface area contributed by atoms with Gasteiger partial charge in [0.05, 0.1) is 6.61 Å². The van der Waals surface area contributed by atoms with E-state index in [1.165, 1.54) is 13.1 Å². The first-order valence-electron chi connectivity index (χ1n) is 5.50. The first kappa shape index (κ1) is 16.5. The Bertz CT molecular complexity index is 642. The van der Waals surface area contributed by atoms with E-state index in [9.17, 15) is 14.2 Å². The topological polar surface area (TPSA) is 142 Å². The minimum atomic E-state index is -4.34. The molecule has 112 valence electrons. The molecule has 0 bridgehead atoms. The summed E-state index contributed by atoms with van der Waals surface area (Å²) >= 11 is 0. The number of nitrogens with zero attached hydrogens (tertiary/aromatic N) is 1. The van der Waals surface area contributed by atoms with Gasteiger partial charge in [0.2, 0.25) is 0 Å². The van der Waals surface area contributed by atoms with Crippen LogP contribution in [0.5, 0.6) is 0 Å². The molecule has 0 aliphatic carbocycles. The predicted molar refractivity (Wildman–Crippen MR) is 69.2 cm³/mol. The number of H-pyrrole nitrogens is 1. The van der Waals surface area contributed by atoms with E-state index < -0.39 is 31.6 Å². The van der Waals surface area contributed by atoms with Crippen LogP contribution < -0.4 is 11.2 Å². The Kier molecular flexibility index (Phi) is 5.61. The summed E-state index contributed by atoms with van der Waals surface area (Å²) in [6, 6.07) is 0. The van der Waals surface area contributed by atoms with Crippen LogP contribution in [-0.2, 0) is 16.0 Å². The Hall–Kier alpha value is -1.51. The van der Waals surface area contributed by atoms with Gasteiger partial charge in [0.1, 0.15) is 12.8 Å². The van der Waals surface area contributed by atoms with Crippen molar-refractivity contribution in [1.82, 2.24) is 9.55 Å². The number of hydrogen-bond acceptors (Lipinski definition) is 5. The van der Waals surface area contributed by atoms with Crippen molar-refractivity contribution in [2.24, 2.45) is 0 Å². The van der Waals surface area contributed by atoms with Crippen molar-refractivity contribution in [1.29, 1.82) is 0 Å². The van der Waals surface area contributed by atoms with Gasteiger partial charge >= 0.3 is 13.3 Å². The zero-order chi connectivity index (χ0) is 15.3. The molecule has 0 unspecified atom stereocenters. The van der Waals surface area contributed by atoms with Crippen molar-refractivity contribution in [3.8, 4) is 0 Å². The Labute approximate surface area is 113 Å². The highest BCUT2D eigenvalue weighted by molar-refractivity contribution is 7.55. The number of aromatic nitrogens is 2. The van der Waals surface area contributed by atoms with Crippen LogP contribution in [0.1, 0.15) is 5.56 Å². The van der Waals surface area contributed by atoms with Crippen LogP contribution >= 0.6 is 7.60 Å². The molecule has 0 saturated carbocycles. The van der Waals surface area contributed by atoms with Gasteiger partial charge in [0, 0.05) is 17.6 Å². The maximum absolute atomic E-state index is 11.4. The monoisotopic (exact) mass is 306 g/mol. The van der Waals surface area contributed by atoms with Crippen molar-refractivity contribution >= 4 is 7.60 Å². The summed E-state index contributed by atoms with van der Waals surface area (Å²) in [5, 5.41) is 8.99. The lowest BCUT2D eigenvalue weighted by molar-refractivity contribution is 0.00113. The molecule has 0 radical (unpaired) electrons. The zero-order valence-corrected chi connectivity index (χ0v) is 11.5. The lowest BCUT2D eigenvalue weighted by Gasteiger charge is -2.13. The van der Waals surface area contributed by atoms with Gasteiger partial charge in [-0.3, -0.25) is 18.9 Å². The SMILES string of the molecule is Cc1cn(CO[C@H](/C=C/P(=O)(O)O)CO)c(=O)[nH]c1=O. The van der Waals surface area contributed by atoms with Crippen LogP contribution in [0.2, 0.25) is 0 Å². The maximum atomic E-state index is 11.4. The highest BCUT2D eigenvalue weighted by atomic mass is 31.2. The molecule has 9 nitrogen and oxygen atoms in total. The normalized spacial score (nSPS) is 13.8. The minimum absolute atomic E-state index is 0.285. The van der Waals surface area contributed by atoms with Crippen LogP contribution in [0.3, 0.4) is 0 Å². The summed E-state index contributed by atoms with van der Waals surface area (Å²) in [6.07, 6.45) is 1.30. The highest BCUT2D eigenvalue weighted by Crippen LogP contribution is 2.36. The number of rotatable bonds is 6. The van der Waals surface area contributed by atoms with Crippen molar-refractivity contribution in [3.63, 3.8) is 0 Å². The lowest BCUT2D eigenvalue weighted by atomic mass is 10.4. The van der Waals surface area contributed by atoms with Crippen LogP contribution in [0.4, 0.5) is 0 Å². The number of aromatic amines is 1. The molecule has 1 heterocycles. The van der Waals surface area contributed by atoms with E-state index in [-0.39, 0.29) is 6.73 Å². The van der Waals surface area contributed by atoms with E-state index >= 15 is 0 Å². The fourth-order valence-electron chi connectivity index (χ4n) is 1.27. The second-order valence-electron chi connectivity index (χ2n) is 3.99. The minimum Gasteiger partial charge on any atom is -0.393 e. The van der Waals surface area contributed by atoms with Gasteiger partial charge < -0.3 is 19.6 Å². The summed E-state index contributed by atoms with van der Waals surface area (Å²) < 4.78 is 16.8. The van der Waals surface area contributed by atoms with E-state index in [0.717, 1.165) is 10.6 Å². The lowest BCUT2D eigenvalue weighted by Crippen LogP contribution is -2.32. The number of aryl methyl sites for hydroxylation is 1. The van der Waals surface area contributed by atoms with Gasteiger partial charge in [-0.05, 0) is 13.0 Å². The number of aliphatic hydroxyl groups is 1. The molecule has 1 aromatic heterocycles. The van der Waals surface area contributed by atoms with Crippen LogP contribution in [0, 0.1) is 6.92 Å². The molecule has 0 saturated heterocycles. The Morgan fingerprint density at radius 2 is 2.15 bits per heavy atom. The number of hydrogen-bond donors (Lipinski definition) is 4. The molecule has 20 heavy (non-hydrogen) atoms. The number of ether oxygens (including phenoxy) is 1. The summed E-state index contributed by atoms with van der Waals surface area (Å²) in [4.78, 5) is 42.0. The summed E-state index contributed by atoms with van der Waals surface area (Å²) in [6.45, 7) is 0.701. The summed E-state index contributed by atoms with van der Waals surface area (Å²) in [5.41, 5.74) is -0.887. The van der Waals surface area contributed by atoms with Gasteiger partial charge in [-0.1, -0.05) is 0 Å². The third kappa shape index (κ3) is 5.24. The molecule has 10 heteroatoms. The Morgan fingerprint density at radius 3 is 2.70 bits per heavy atom. The van der Waals surface area contributed by atoms with Gasteiger partial charge in [-0.2, -0.15) is 0 Å². The smallest absolute Gasteiger partial charge is 0.348 e. The van der Waals surface area contributed by atoms with E-state index in [1.54, 1.807) is 0 Å². The van der Waals surface area contributed by atoms with Gasteiger partial charge in [0.15, 0.2) is 0 Å². The molecule has 0 aromatic carbocycles. The van der Waals surface area contributed by atoms with Crippen LogP contribution in [0.15, 0.2) is 27.7 Å².